The Bertz CT molecular complexity index is 1550. The molecule has 1 aromatic heterocycles. The van der Waals surface area contributed by atoms with Crippen molar-refractivity contribution in [3.8, 4) is 0 Å². The van der Waals surface area contributed by atoms with Crippen LogP contribution in [0.4, 0.5) is 0 Å². The third-order valence-electron chi connectivity index (χ3n) is 10.3. The van der Waals surface area contributed by atoms with Crippen molar-refractivity contribution in [1.29, 1.82) is 0 Å². The lowest BCUT2D eigenvalue weighted by Gasteiger charge is -2.43. The third kappa shape index (κ3) is 8.17. The summed E-state index contributed by atoms with van der Waals surface area (Å²) < 4.78 is 19.0. The Hall–Kier alpha value is -3.56. The molecule has 0 spiro atoms. The number of piperidine rings is 1. The van der Waals surface area contributed by atoms with E-state index in [4.69, 9.17) is 0 Å². The van der Waals surface area contributed by atoms with Crippen molar-refractivity contribution in [3.63, 3.8) is 0 Å². The van der Waals surface area contributed by atoms with Crippen LogP contribution in [0.3, 0.4) is 0 Å². The summed E-state index contributed by atoms with van der Waals surface area (Å²) in [4.78, 5) is 20.6. The molecule has 2 aromatic rings. The Morgan fingerprint density at radius 1 is 0.917 bits per heavy atom. The Kier molecular flexibility index (Phi) is 12.4. The van der Waals surface area contributed by atoms with Crippen molar-refractivity contribution in [3.05, 3.63) is 96.7 Å². The first-order valence-corrected chi connectivity index (χ1v) is 18.9. The van der Waals surface area contributed by atoms with Gasteiger partial charge in [0.05, 0.1) is 5.82 Å². The SMILES string of the molecule is C=CC/C=C(\Cn1c(CC=C)c(C2CCCCC2)c2ccc(C(=O)NS(=O)N(C)C)cc21)C(=C)N1CCN(C(=C)N2CCCCC2)CC1. The minimum atomic E-state index is -1.61. The van der Waals surface area contributed by atoms with E-state index in [1.54, 1.807) is 14.1 Å². The van der Waals surface area contributed by atoms with E-state index in [0.717, 1.165) is 63.3 Å². The summed E-state index contributed by atoms with van der Waals surface area (Å²) in [7, 11) is 3.36. The molecule has 2 aliphatic heterocycles. The molecule has 5 rings (SSSR count). The van der Waals surface area contributed by atoms with Crippen molar-refractivity contribution < 1.29 is 9.00 Å². The average Bonchev–Trinajstić information content (AvgIpc) is 3.41. The van der Waals surface area contributed by atoms with Crippen LogP contribution in [-0.4, -0.2) is 87.1 Å². The van der Waals surface area contributed by atoms with E-state index >= 15 is 0 Å². The van der Waals surface area contributed by atoms with Crippen molar-refractivity contribution >= 4 is 28.0 Å². The molecule has 3 heterocycles. The lowest BCUT2D eigenvalue weighted by atomic mass is 9.82. The van der Waals surface area contributed by atoms with Gasteiger partial charge in [-0.25, -0.2) is 8.51 Å². The van der Waals surface area contributed by atoms with Gasteiger partial charge in [-0.05, 0) is 67.7 Å². The van der Waals surface area contributed by atoms with Gasteiger partial charge in [-0.15, -0.1) is 13.2 Å². The summed E-state index contributed by atoms with van der Waals surface area (Å²) in [5, 5.41) is 1.20. The van der Waals surface area contributed by atoms with Gasteiger partial charge in [0.1, 0.15) is 0 Å². The first-order valence-electron chi connectivity index (χ1n) is 17.8. The van der Waals surface area contributed by atoms with E-state index < -0.39 is 11.2 Å². The molecule has 9 heteroatoms. The lowest BCUT2D eigenvalue weighted by Crippen LogP contribution is -2.48. The van der Waals surface area contributed by atoms with E-state index in [-0.39, 0.29) is 5.91 Å². The molecule has 260 valence electrons. The maximum atomic E-state index is 13.3. The fourth-order valence-electron chi connectivity index (χ4n) is 7.64. The number of nitrogens with one attached hydrogen (secondary N) is 1. The van der Waals surface area contributed by atoms with E-state index in [0.29, 0.717) is 18.0 Å². The number of carbonyl (C=O) groups is 1. The van der Waals surface area contributed by atoms with Crippen molar-refractivity contribution in [2.45, 2.75) is 76.7 Å². The molecule has 1 saturated carbocycles. The van der Waals surface area contributed by atoms with Crippen LogP contribution < -0.4 is 4.72 Å². The van der Waals surface area contributed by atoms with Gasteiger partial charge in [0.15, 0.2) is 11.2 Å². The van der Waals surface area contributed by atoms with Crippen molar-refractivity contribution in [2.24, 2.45) is 0 Å². The number of rotatable bonds is 14. The second-order valence-corrected chi connectivity index (χ2v) is 15.1. The van der Waals surface area contributed by atoms with E-state index in [1.807, 2.05) is 24.3 Å². The van der Waals surface area contributed by atoms with Gasteiger partial charge in [-0.3, -0.25) is 9.52 Å². The molecule has 1 aromatic carbocycles. The zero-order valence-corrected chi connectivity index (χ0v) is 30.2. The number of piperazine rings is 1. The number of amides is 1. The summed E-state index contributed by atoms with van der Waals surface area (Å²) in [5.41, 5.74) is 6.39. The van der Waals surface area contributed by atoms with Gasteiger partial charge in [-0.1, -0.05) is 56.7 Å². The zero-order chi connectivity index (χ0) is 34.2. The highest BCUT2D eigenvalue weighted by atomic mass is 32.2. The van der Waals surface area contributed by atoms with Gasteiger partial charge >= 0.3 is 0 Å². The topological polar surface area (TPSA) is 64.1 Å². The predicted octanol–water partition coefficient (Wildman–Crippen LogP) is 6.88. The molecule has 1 atom stereocenters. The fraction of sp³-hybridized carbons (Fsp3) is 0.513. The number of hydrogen-bond acceptors (Lipinski definition) is 5. The van der Waals surface area contributed by atoms with Crippen LogP contribution in [0.15, 0.2) is 79.8 Å². The van der Waals surface area contributed by atoms with Gasteiger partial charge in [0, 0.05) is 94.2 Å². The van der Waals surface area contributed by atoms with Crippen LogP contribution >= 0.6 is 0 Å². The second-order valence-electron chi connectivity index (χ2n) is 13.6. The number of fused-ring (bicyclic) bond motifs is 1. The Labute approximate surface area is 291 Å². The minimum absolute atomic E-state index is 0.350. The number of likely N-dealkylation sites (tertiary alicyclic amines) is 1. The standard InChI is InChI=1S/C39H56N6O2S/c1-7-9-17-34(30(3)42-24-26-44(27-25-42)31(4)43-22-14-11-15-23-43)29-45-36(16-8-2)38(32-18-12-10-13-19-32)35-21-20-33(28-37(35)45)39(46)40-48(47)41(5)6/h7-8,17,20-21,28,32H,1-4,9-16,18-19,22-27,29H2,5-6H3,(H,40,46)/b34-17+. The maximum Gasteiger partial charge on any atom is 0.264 e. The quantitative estimate of drug-likeness (QED) is 0.175. The molecule has 1 aliphatic carbocycles. The van der Waals surface area contributed by atoms with Gasteiger partial charge in [0.25, 0.3) is 5.91 Å². The van der Waals surface area contributed by atoms with Crippen LogP contribution in [0.5, 0.6) is 0 Å². The highest BCUT2D eigenvalue weighted by Crippen LogP contribution is 2.41. The van der Waals surface area contributed by atoms with E-state index in [2.05, 4.69) is 62.4 Å². The number of hydrogen-bond donors (Lipinski definition) is 1. The molecular weight excluding hydrogens is 617 g/mol. The number of aromatic nitrogens is 1. The third-order valence-corrected chi connectivity index (χ3v) is 11.3. The molecule has 0 bridgehead atoms. The highest BCUT2D eigenvalue weighted by Gasteiger charge is 2.28. The summed E-state index contributed by atoms with van der Waals surface area (Å²) in [5.74, 6) is 1.29. The average molecular weight is 673 g/mol. The lowest BCUT2D eigenvalue weighted by molar-refractivity contribution is 0.0981. The summed E-state index contributed by atoms with van der Waals surface area (Å²) in [6.07, 6.45) is 17.6. The van der Waals surface area contributed by atoms with Crippen LogP contribution in [0, 0.1) is 0 Å². The second kappa shape index (κ2) is 16.7. The molecule has 48 heavy (non-hydrogen) atoms. The molecular formula is C39H56N6O2S. The summed E-state index contributed by atoms with van der Waals surface area (Å²) in [6.45, 7) is 23.8. The molecule has 3 aliphatic rings. The minimum Gasteiger partial charge on any atom is -0.368 e. The Morgan fingerprint density at radius 2 is 1.56 bits per heavy atom. The largest absolute Gasteiger partial charge is 0.368 e. The number of nitrogens with zero attached hydrogens (tertiary/aromatic N) is 5. The Morgan fingerprint density at radius 3 is 2.21 bits per heavy atom. The molecule has 2 saturated heterocycles. The van der Waals surface area contributed by atoms with Crippen LogP contribution in [0.25, 0.3) is 10.9 Å². The number of carbonyl (C=O) groups excluding carboxylic acids is 1. The van der Waals surface area contributed by atoms with Gasteiger partial charge in [-0.2, -0.15) is 0 Å². The molecule has 0 radical (unpaired) electrons. The molecule has 1 amide bonds. The van der Waals surface area contributed by atoms with Crippen molar-refractivity contribution in [1.82, 2.24) is 28.3 Å². The van der Waals surface area contributed by atoms with Crippen molar-refractivity contribution in [2.75, 3.05) is 53.4 Å². The molecule has 8 nitrogen and oxygen atoms in total. The van der Waals surface area contributed by atoms with E-state index in [9.17, 15) is 9.00 Å². The number of benzene rings is 1. The highest BCUT2D eigenvalue weighted by molar-refractivity contribution is 7.81. The van der Waals surface area contributed by atoms with Gasteiger partial charge < -0.3 is 19.3 Å². The maximum absolute atomic E-state index is 13.3. The monoisotopic (exact) mass is 672 g/mol. The summed E-state index contributed by atoms with van der Waals surface area (Å²) >= 11 is -1.61. The van der Waals surface area contributed by atoms with E-state index in [1.165, 1.54) is 83.7 Å². The summed E-state index contributed by atoms with van der Waals surface area (Å²) in [6, 6.07) is 5.96. The van der Waals surface area contributed by atoms with Crippen LogP contribution in [0.2, 0.25) is 0 Å². The molecule has 3 fully saturated rings. The molecule has 1 N–H and O–H groups in total. The smallest absolute Gasteiger partial charge is 0.264 e. The normalized spacial score (nSPS) is 18.6. The van der Waals surface area contributed by atoms with Crippen LogP contribution in [-0.2, 0) is 24.1 Å². The molecule has 1 unspecified atom stereocenters. The first kappa shape index (κ1) is 35.7. The predicted molar refractivity (Wildman–Crippen MR) is 201 cm³/mol. The zero-order valence-electron chi connectivity index (χ0n) is 29.4. The van der Waals surface area contributed by atoms with Gasteiger partial charge in [0.2, 0.25) is 0 Å². The Balaban J connectivity index is 1.47. The fourth-order valence-corrected chi connectivity index (χ4v) is 8.10. The first-order chi connectivity index (χ1) is 23.2. The van der Waals surface area contributed by atoms with Crippen LogP contribution in [0.1, 0.15) is 85.3 Å². The number of allylic oxidation sites excluding steroid dienone is 4.